The van der Waals surface area contributed by atoms with Gasteiger partial charge in [0.1, 0.15) is 4.88 Å². The van der Waals surface area contributed by atoms with E-state index in [1.54, 1.807) is 36.5 Å². The molecule has 28 heavy (non-hydrogen) atoms. The molecule has 2 N–H and O–H groups in total. The van der Waals surface area contributed by atoms with Gasteiger partial charge in [0, 0.05) is 6.04 Å². The molecule has 0 radical (unpaired) electrons. The van der Waals surface area contributed by atoms with Gasteiger partial charge in [-0.25, -0.2) is 4.79 Å². The van der Waals surface area contributed by atoms with Crippen LogP contribution in [0.5, 0.6) is 11.5 Å². The molecule has 148 valence electrons. The van der Waals surface area contributed by atoms with Crippen LogP contribution in [0.1, 0.15) is 47.3 Å². The fraction of sp³-hybridized carbons (Fsp3) is 0.350. The number of rotatable bonds is 6. The van der Waals surface area contributed by atoms with Gasteiger partial charge in [-0.1, -0.05) is 25.3 Å². The first-order chi connectivity index (χ1) is 13.7. The van der Waals surface area contributed by atoms with Gasteiger partial charge in [-0.3, -0.25) is 5.43 Å². The minimum absolute atomic E-state index is 0.362. The molecule has 1 heterocycles. The number of benzene rings is 1. The zero-order valence-electron chi connectivity index (χ0n) is 15.6. The molecule has 0 atom stereocenters. The number of thiocarbonyl (C=S) groups is 1. The number of hydrogen-bond acceptors (Lipinski definition) is 6. The molecule has 0 unspecified atom stereocenters. The second-order valence-corrected chi connectivity index (χ2v) is 7.81. The maximum absolute atomic E-state index is 12.1. The van der Waals surface area contributed by atoms with E-state index in [4.69, 9.17) is 21.7 Å². The number of esters is 1. The Bertz CT molecular complexity index is 831. The summed E-state index contributed by atoms with van der Waals surface area (Å²) in [5, 5.41) is 9.82. The number of nitrogens with zero attached hydrogens (tertiary/aromatic N) is 1. The number of ether oxygens (including phenoxy) is 2. The number of carbonyl (C=O) groups is 1. The van der Waals surface area contributed by atoms with E-state index >= 15 is 0 Å². The summed E-state index contributed by atoms with van der Waals surface area (Å²) in [7, 11) is 1.53. The lowest BCUT2D eigenvalue weighted by atomic mass is 9.96. The summed E-state index contributed by atoms with van der Waals surface area (Å²) in [5.74, 6) is 0.410. The minimum atomic E-state index is -0.407. The first kappa shape index (κ1) is 20.3. The van der Waals surface area contributed by atoms with Crippen LogP contribution in [-0.2, 0) is 0 Å². The summed E-state index contributed by atoms with van der Waals surface area (Å²) < 4.78 is 10.8. The van der Waals surface area contributed by atoms with Crippen LogP contribution in [0.15, 0.2) is 40.8 Å². The summed E-state index contributed by atoms with van der Waals surface area (Å²) in [5.41, 5.74) is 3.64. The first-order valence-corrected chi connectivity index (χ1v) is 10.5. The predicted molar refractivity (Wildman–Crippen MR) is 116 cm³/mol. The maximum atomic E-state index is 12.1. The van der Waals surface area contributed by atoms with E-state index in [0.29, 0.717) is 27.5 Å². The molecular formula is C20H23N3O3S2. The highest BCUT2D eigenvalue weighted by Crippen LogP contribution is 2.28. The molecule has 1 saturated carbocycles. The first-order valence-electron chi connectivity index (χ1n) is 9.19. The Morgan fingerprint density at radius 1 is 1.25 bits per heavy atom. The van der Waals surface area contributed by atoms with Crippen LogP contribution >= 0.6 is 23.6 Å². The van der Waals surface area contributed by atoms with Crippen molar-refractivity contribution in [3.8, 4) is 11.5 Å². The second kappa shape index (κ2) is 10.2. The van der Waals surface area contributed by atoms with Crippen LogP contribution < -0.4 is 20.2 Å². The molecular weight excluding hydrogens is 394 g/mol. The van der Waals surface area contributed by atoms with Crippen LogP contribution in [-0.4, -0.2) is 30.4 Å². The smallest absolute Gasteiger partial charge is 0.353 e. The average Bonchev–Trinajstić information content (AvgIpc) is 3.25. The zero-order chi connectivity index (χ0) is 19.8. The molecule has 1 aliphatic rings. The number of nitrogens with one attached hydrogen (secondary N) is 2. The lowest BCUT2D eigenvalue weighted by Gasteiger charge is -2.23. The van der Waals surface area contributed by atoms with Crippen LogP contribution in [0.3, 0.4) is 0 Å². The Hall–Kier alpha value is -2.45. The van der Waals surface area contributed by atoms with Crippen molar-refractivity contribution in [1.82, 2.24) is 10.7 Å². The minimum Gasteiger partial charge on any atom is -0.493 e. The SMILES string of the molecule is COc1cc(C=NNC(=S)NC2CCCCC2)ccc1OC(=O)c1cccs1. The number of hydrogen-bond donors (Lipinski definition) is 2. The molecule has 1 aliphatic carbocycles. The Labute approximate surface area is 173 Å². The molecule has 1 aromatic heterocycles. The summed E-state index contributed by atoms with van der Waals surface area (Å²) >= 11 is 6.62. The van der Waals surface area contributed by atoms with E-state index < -0.39 is 5.97 Å². The third-order valence-corrected chi connectivity index (χ3v) is 5.49. The molecule has 8 heteroatoms. The van der Waals surface area contributed by atoms with Gasteiger partial charge in [-0.05, 0) is 60.3 Å². The van der Waals surface area contributed by atoms with Crippen LogP contribution in [0.25, 0.3) is 0 Å². The van der Waals surface area contributed by atoms with E-state index in [2.05, 4.69) is 15.8 Å². The van der Waals surface area contributed by atoms with E-state index in [0.717, 1.165) is 18.4 Å². The Morgan fingerprint density at radius 2 is 2.07 bits per heavy atom. The zero-order valence-corrected chi connectivity index (χ0v) is 17.3. The number of hydrazone groups is 1. The molecule has 0 aliphatic heterocycles. The molecule has 6 nitrogen and oxygen atoms in total. The molecule has 0 amide bonds. The number of methoxy groups -OCH3 is 1. The van der Waals surface area contributed by atoms with Gasteiger partial charge in [0.15, 0.2) is 16.6 Å². The van der Waals surface area contributed by atoms with E-state index in [1.165, 1.54) is 37.7 Å². The van der Waals surface area contributed by atoms with Gasteiger partial charge in [0.2, 0.25) is 0 Å². The van der Waals surface area contributed by atoms with Gasteiger partial charge in [-0.15, -0.1) is 11.3 Å². The van der Waals surface area contributed by atoms with Crippen LogP contribution in [0.2, 0.25) is 0 Å². The Balaban J connectivity index is 1.56. The van der Waals surface area contributed by atoms with Crippen molar-refractivity contribution in [2.75, 3.05) is 7.11 Å². The Kier molecular flexibility index (Phi) is 7.39. The summed E-state index contributed by atoms with van der Waals surface area (Å²) in [6.07, 6.45) is 7.72. The number of carbonyl (C=O) groups excluding carboxylic acids is 1. The molecule has 0 saturated heterocycles. The topological polar surface area (TPSA) is 71.9 Å². The lowest BCUT2D eigenvalue weighted by molar-refractivity contribution is 0.0735. The van der Waals surface area contributed by atoms with Crippen molar-refractivity contribution in [3.05, 3.63) is 46.2 Å². The molecule has 0 bridgehead atoms. The monoisotopic (exact) mass is 417 g/mol. The molecule has 2 aromatic rings. The van der Waals surface area contributed by atoms with Gasteiger partial charge in [0.05, 0.1) is 13.3 Å². The van der Waals surface area contributed by atoms with E-state index in [1.807, 2.05) is 5.38 Å². The highest BCUT2D eigenvalue weighted by Gasteiger charge is 2.14. The second-order valence-electron chi connectivity index (χ2n) is 6.46. The van der Waals surface area contributed by atoms with E-state index in [9.17, 15) is 4.79 Å². The van der Waals surface area contributed by atoms with Crippen molar-refractivity contribution in [1.29, 1.82) is 0 Å². The largest absolute Gasteiger partial charge is 0.493 e. The van der Waals surface area contributed by atoms with Crippen molar-refractivity contribution in [2.45, 2.75) is 38.1 Å². The summed E-state index contributed by atoms with van der Waals surface area (Å²) in [6.45, 7) is 0. The molecule has 1 aromatic carbocycles. The van der Waals surface area contributed by atoms with Gasteiger partial charge < -0.3 is 14.8 Å². The molecule has 0 spiro atoms. The van der Waals surface area contributed by atoms with Crippen molar-refractivity contribution in [3.63, 3.8) is 0 Å². The fourth-order valence-electron chi connectivity index (χ4n) is 3.02. The van der Waals surface area contributed by atoms with Crippen molar-refractivity contribution < 1.29 is 14.3 Å². The van der Waals surface area contributed by atoms with E-state index in [-0.39, 0.29) is 0 Å². The van der Waals surface area contributed by atoms with Gasteiger partial charge in [-0.2, -0.15) is 5.10 Å². The molecule has 3 rings (SSSR count). The third-order valence-electron chi connectivity index (χ3n) is 4.43. The highest BCUT2D eigenvalue weighted by atomic mass is 32.1. The predicted octanol–water partition coefficient (Wildman–Crippen LogP) is 4.11. The van der Waals surface area contributed by atoms with Crippen molar-refractivity contribution >= 4 is 40.9 Å². The quantitative estimate of drug-likeness (QED) is 0.242. The highest BCUT2D eigenvalue weighted by molar-refractivity contribution is 7.80. The number of thiophene rings is 1. The van der Waals surface area contributed by atoms with Gasteiger partial charge >= 0.3 is 5.97 Å². The summed E-state index contributed by atoms with van der Waals surface area (Å²) in [4.78, 5) is 12.7. The Morgan fingerprint density at radius 3 is 2.79 bits per heavy atom. The average molecular weight is 418 g/mol. The van der Waals surface area contributed by atoms with Crippen LogP contribution in [0, 0.1) is 0 Å². The van der Waals surface area contributed by atoms with Crippen LogP contribution in [0.4, 0.5) is 0 Å². The third kappa shape index (κ3) is 5.77. The van der Waals surface area contributed by atoms with Gasteiger partial charge in [0.25, 0.3) is 0 Å². The summed E-state index contributed by atoms with van der Waals surface area (Å²) in [6, 6.07) is 9.18. The lowest BCUT2D eigenvalue weighted by Crippen LogP contribution is -2.40. The maximum Gasteiger partial charge on any atom is 0.353 e. The van der Waals surface area contributed by atoms with Crippen molar-refractivity contribution in [2.24, 2.45) is 5.10 Å². The standard InChI is InChI=1S/C20H23N3O3S2/c1-25-17-12-14(9-10-16(17)26-19(24)18-8-5-11-28-18)13-21-23-20(27)22-15-6-3-2-4-7-15/h5,8-13,15H,2-4,6-7H2,1H3,(H2,22,23,27). The normalized spacial score (nSPS) is 14.6. The molecule has 1 fully saturated rings. The fourth-order valence-corrected chi connectivity index (χ4v) is 3.84.